The van der Waals surface area contributed by atoms with Crippen molar-refractivity contribution in [1.29, 1.82) is 0 Å². The largest absolute Gasteiger partial charge is 0.480 e. The van der Waals surface area contributed by atoms with Crippen LogP contribution in [0.5, 0.6) is 0 Å². The lowest BCUT2D eigenvalue weighted by atomic mass is 10.0. The average Bonchev–Trinajstić information content (AvgIpc) is 2.51. The van der Waals surface area contributed by atoms with Crippen molar-refractivity contribution < 1.29 is 14.7 Å². The van der Waals surface area contributed by atoms with Gasteiger partial charge in [0, 0.05) is 5.54 Å². The van der Waals surface area contributed by atoms with Gasteiger partial charge in [-0.15, -0.1) is 11.3 Å². The number of hydrogen-bond donors (Lipinski definition) is 1. The molecule has 0 spiro atoms. The molecular weight excluding hydrogens is 297 g/mol. The highest BCUT2D eigenvalue weighted by atomic mass is 35.5. The van der Waals surface area contributed by atoms with Crippen LogP contribution in [0.2, 0.25) is 8.67 Å². The highest BCUT2D eigenvalue weighted by Crippen LogP contribution is 2.33. The van der Waals surface area contributed by atoms with Crippen LogP contribution in [-0.4, -0.2) is 34.0 Å². The SMILES string of the molecule is CC(C)(C)N(CC(=O)O)C(=O)c1cc(Cl)sc1Cl. The van der Waals surface area contributed by atoms with Gasteiger partial charge in [-0.25, -0.2) is 0 Å². The number of rotatable bonds is 3. The predicted molar refractivity (Wildman–Crippen MR) is 72.8 cm³/mol. The maximum atomic E-state index is 12.3. The fraction of sp³-hybridized carbons (Fsp3) is 0.455. The zero-order valence-electron chi connectivity index (χ0n) is 10.2. The Morgan fingerprint density at radius 1 is 1.39 bits per heavy atom. The summed E-state index contributed by atoms with van der Waals surface area (Å²) in [5.41, 5.74) is -0.379. The zero-order chi connectivity index (χ0) is 14.1. The monoisotopic (exact) mass is 309 g/mol. The summed E-state index contributed by atoms with van der Waals surface area (Å²) in [5.74, 6) is -1.51. The van der Waals surface area contributed by atoms with Crippen molar-refractivity contribution in [1.82, 2.24) is 4.90 Å². The molecule has 1 aromatic rings. The molecule has 0 unspecified atom stereocenters. The van der Waals surface area contributed by atoms with Crippen molar-refractivity contribution in [3.05, 3.63) is 20.3 Å². The summed E-state index contributed by atoms with van der Waals surface area (Å²) in [6.07, 6.45) is 0. The van der Waals surface area contributed by atoms with Gasteiger partial charge >= 0.3 is 5.97 Å². The number of halogens is 2. The Kier molecular flexibility index (Phi) is 4.64. The molecule has 0 aliphatic carbocycles. The smallest absolute Gasteiger partial charge is 0.323 e. The molecule has 0 saturated carbocycles. The quantitative estimate of drug-likeness (QED) is 0.931. The minimum atomic E-state index is -1.07. The molecule has 1 rings (SSSR count). The van der Waals surface area contributed by atoms with Crippen molar-refractivity contribution in [2.45, 2.75) is 26.3 Å². The number of amides is 1. The number of carbonyl (C=O) groups excluding carboxylic acids is 1. The van der Waals surface area contributed by atoms with E-state index >= 15 is 0 Å². The molecule has 0 bridgehead atoms. The maximum absolute atomic E-state index is 12.3. The molecule has 1 heterocycles. The van der Waals surface area contributed by atoms with Crippen LogP contribution in [0.25, 0.3) is 0 Å². The molecule has 0 radical (unpaired) electrons. The number of hydrogen-bond acceptors (Lipinski definition) is 3. The molecule has 1 amide bonds. The molecule has 4 nitrogen and oxygen atoms in total. The lowest BCUT2D eigenvalue weighted by Crippen LogP contribution is -2.48. The van der Waals surface area contributed by atoms with Crippen LogP contribution in [0.3, 0.4) is 0 Å². The minimum absolute atomic E-state index is 0.239. The minimum Gasteiger partial charge on any atom is -0.480 e. The topological polar surface area (TPSA) is 57.6 Å². The van der Waals surface area contributed by atoms with Crippen LogP contribution < -0.4 is 0 Å². The molecule has 0 aliphatic heterocycles. The lowest BCUT2D eigenvalue weighted by molar-refractivity contribution is -0.138. The van der Waals surface area contributed by atoms with Gasteiger partial charge in [-0.2, -0.15) is 0 Å². The number of carboxylic acids is 1. The fourth-order valence-electron chi connectivity index (χ4n) is 1.38. The molecule has 0 saturated heterocycles. The van der Waals surface area contributed by atoms with Crippen LogP contribution in [0.15, 0.2) is 6.07 Å². The molecule has 1 aromatic heterocycles. The van der Waals surface area contributed by atoms with Gasteiger partial charge in [-0.3, -0.25) is 9.59 Å². The molecule has 0 atom stereocenters. The summed E-state index contributed by atoms with van der Waals surface area (Å²) in [4.78, 5) is 24.4. The molecule has 0 aromatic carbocycles. The maximum Gasteiger partial charge on any atom is 0.323 e. The van der Waals surface area contributed by atoms with Crippen LogP contribution in [0.1, 0.15) is 31.1 Å². The summed E-state index contributed by atoms with van der Waals surface area (Å²) in [5, 5.41) is 8.87. The molecule has 0 aliphatic rings. The number of thiophene rings is 1. The highest BCUT2D eigenvalue weighted by Gasteiger charge is 2.31. The number of carboxylic acid groups (broad SMARTS) is 1. The van der Waals surface area contributed by atoms with Gasteiger partial charge in [0.25, 0.3) is 5.91 Å². The van der Waals surface area contributed by atoms with Crippen molar-refractivity contribution >= 4 is 46.4 Å². The van der Waals surface area contributed by atoms with E-state index in [2.05, 4.69) is 0 Å². The van der Waals surface area contributed by atoms with Crippen LogP contribution in [0, 0.1) is 0 Å². The van der Waals surface area contributed by atoms with Crippen molar-refractivity contribution in [2.75, 3.05) is 6.54 Å². The molecule has 7 heteroatoms. The summed E-state index contributed by atoms with van der Waals surface area (Å²) in [6.45, 7) is 4.90. The standard InChI is InChI=1S/C11H13Cl2NO3S/c1-11(2,3)14(5-8(15)16)10(17)6-4-7(12)18-9(6)13/h4H,5H2,1-3H3,(H,15,16). The molecule has 0 fully saturated rings. The average molecular weight is 310 g/mol. The third-order valence-electron chi connectivity index (χ3n) is 2.24. The Balaban J connectivity index is 3.10. The van der Waals surface area contributed by atoms with E-state index in [0.29, 0.717) is 4.34 Å². The first-order chi connectivity index (χ1) is 8.12. The van der Waals surface area contributed by atoms with E-state index in [1.807, 2.05) is 0 Å². The highest BCUT2D eigenvalue weighted by molar-refractivity contribution is 7.20. The Morgan fingerprint density at radius 3 is 2.28 bits per heavy atom. The van der Waals surface area contributed by atoms with E-state index in [-0.39, 0.29) is 16.4 Å². The third-order valence-corrected chi connectivity index (χ3v) is 3.72. The van der Waals surface area contributed by atoms with Crippen molar-refractivity contribution in [2.24, 2.45) is 0 Å². The van der Waals surface area contributed by atoms with E-state index in [1.165, 1.54) is 11.0 Å². The van der Waals surface area contributed by atoms with Crippen LogP contribution in [0.4, 0.5) is 0 Å². The second-order valence-corrected chi connectivity index (χ2v) is 6.98. The Morgan fingerprint density at radius 2 is 1.94 bits per heavy atom. The third kappa shape index (κ3) is 3.60. The van der Waals surface area contributed by atoms with Crippen LogP contribution >= 0.6 is 34.5 Å². The van der Waals surface area contributed by atoms with Crippen molar-refractivity contribution in [3.8, 4) is 0 Å². The zero-order valence-corrected chi connectivity index (χ0v) is 12.5. The number of nitrogens with zero attached hydrogens (tertiary/aromatic N) is 1. The summed E-state index contributed by atoms with van der Waals surface area (Å²) >= 11 is 12.8. The molecule has 100 valence electrons. The van der Waals surface area contributed by atoms with Gasteiger partial charge in [0.05, 0.1) is 9.90 Å². The van der Waals surface area contributed by atoms with Gasteiger partial charge in [-0.05, 0) is 26.8 Å². The normalized spacial score (nSPS) is 11.4. The van der Waals surface area contributed by atoms with E-state index in [9.17, 15) is 9.59 Å². The first-order valence-electron chi connectivity index (χ1n) is 5.11. The van der Waals surface area contributed by atoms with Gasteiger partial charge < -0.3 is 10.0 Å². The van der Waals surface area contributed by atoms with Gasteiger partial charge in [0.1, 0.15) is 10.9 Å². The number of aliphatic carboxylic acids is 1. The fourth-order valence-corrected chi connectivity index (χ4v) is 2.83. The molecular formula is C11H13Cl2NO3S. The number of carbonyl (C=O) groups is 2. The Hall–Kier alpha value is -0.780. The van der Waals surface area contributed by atoms with E-state index in [4.69, 9.17) is 28.3 Å². The first kappa shape index (κ1) is 15.3. The summed E-state index contributed by atoms with van der Waals surface area (Å²) in [6, 6.07) is 1.46. The van der Waals surface area contributed by atoms with Crippen LogP contribution in [-0.2, 0) is 4.79 Å². The first-order valence-corrected chi connectivity index (χ1v) is 6.68. The van der Waals surface area contributed by atoms with Gasteiger partial charge in [0.15, 0.2) is 0 Å². The second kappa shape index (κ2) is 5.47. The lowest BCUT2D eigenvalue weighted by Gasteiger charge is -2.34. The summed E-state index contributed by atoms with van der Waals surface area (Å²) < 4.78 is 0.664. The van der Waals surface area contributed by atoms with Gasteiger partial charge in [0.2, 0.25) is 0 Å². The van der Waals surface area contributed by atoms with Crippen molar-refractivity contribution in [3.63, 3.8) is 0 Å². The molecule has 1 N–H and O–H groups in total. The van der Waals surface area contributed by atoms with E-state index in [1.54, 1.807) is 20.8 Å². The van der Waals surface area contributed by atoms with Gasteiger partial charge in [-0.1, -0.05) is 23.2 Å². The Bertz CT molecular complexity index is 479. The van der Waals surface area contributed by atoms with E-state index < -0.39 is 17.4 Å². The summed E-state index contributed by atoms with van der Waals surface area (Å²) in [7, 11) is 0. The molecule has 18 heavy (non-hydrogen) atoms. The van der Waals surface area contributed by atoms with E-state index in [0.717, 1.165) is 11.3 Å². The second-order valence-electron chi connectivity index (χ2n) is 4.69. The Labute approximate surface area is 119 Å². The predicted octanol–water partition coefficient (Wildman–Crippen LogP) is 3.38.